The maximum atomic E-state index is 12.6. The Morgan fingerprint density at radius 2 is 1.79 bits per heavy atom. The first-order valence-electron chi connectivity index (χ1n) is 9.00. The van der Waals surface area contributed by atoms with Gasteiger partial charge in [-0.2, -0.15) is 0 Å². The molecule has 0 aliphatic carbocycles. The summed E-state index contributed by atoms with van der Waals surface area (Å²) in [6, 6.07) is 7.89. The lowest BCUT2D eigenvalue weighted by Gasteiger charge is -2.36. The van der Waals surface area contributed by atoms with Crippen molar-refractivity contribution in [2.24, 2.45) is 5.92 Å². The van der Waals surface area contributed by atoms with Crippen LogP contribution in [0.1, 0.15) is 39.7 Å². The quantitative estimate of drug-likeness (QED) is 0.618. The van der Waals surface area contributed by atoms with Crippen LogP contribution in [0.2, 0.25) is 0 Å². The van der Waals surface area contributed by atoms with Gasteiger partial charge in [-0.25, -0.2) is 9.59 Å². The number of nitrogens with zero attached hydrogens (tertiary/aromatic N) is 1. The average molecular weight is 393 g/mol. The molecule has 1 amide bonds. The molecule has 28 heavy (non-hydrogen) atoms. The molecule has 0 radical (unpaired) electrons. The van der Waals surface area contributed by atoms with Gasteiger partial charge in [0.15, 0.2) is 5.72 Å². The van der Waals surface area contributed by atoms with Gasteiger partial charge in [-0.05, 0) is 39.7 Å². The molecule has 154 valence electrons. The summed E-state index contributed by atoms with van der Waals surface area (Å²) in [7, 11) is 1.17. The molecule has 1 heterocycles. The second kappa shape index (κ2) is 8.18. The number of likely N-dealkylation sites (tertiary alicyclic amines) is 1. The predicted octanol–water partition coefficient (Wildman–Crippen LogP) is 2.24. The Labute approximate surface area is 164 Å². The van der Waals surface area contributed by atoms with Gasteiger partial charge < -0.3 is 19.3 Å². The van der Waals surface area contributed by atoms with E-state index in [2.05, 4.69) is 0 Å². The van der Waals surface area contributed by atoms with Gasteiger partial charge in [0, 0.05) is 0 Å². The number of hydrogen-bond donors (Lipinski definition) is 1. The Morgan fingerprint density at radius 1 is 1.18 bits per heavy atom. The van der Waals surface area contributed by atoms with E-state index in [0.29, 0.717) is 0 Å². The van der Waals surface area contributed by atoms with E-state index in [4.69, 9.17) is 14.2 Å². The molecule has 0 aromatic heterocycles. The minimum absolute atomic E-state index is 0.0155. The van der Waals surface area contributed by atoms with Crippen molar-refractivity contribution in [3.63, 3.8) is 0 Å². The fourth-order valence-corrected chi connectivity index (χ4v) is 3.14. The van der Waals surface area contributed by atoms with Crippen LogP contribution in [0, 0.1) is 5.92 Å². The predicted molar refractivity (Wildman–Crippen MR) is 98.8 cm³/mol. The molecular weight excluding hydrogens is 366 g/mol. The highest BCUT2D eigenvalue weighted by atomic mass is 16.6. The third kappa shape index (κ3) is 4.81. The van der Waals surface area contributed by atoms with Crippen LogP contribution in [0.15, 0.2) is 30.3 Å². The fourth-order valence-electron chi connectivity index (χ4n) is 3.14. The lowest BCUT2D eigenvalue weighted by Crippen LogP contribution is -2.55. The van der Waals surface area contributed by atoms with E-state index >= 15 is 0 Å². The van der Waals surface area contributed by atoms with Gasteiger partial charge in [0.2, 0.25) is 0 Å². The summed E-state index contributed by atoms with van der Waals surface area (Å²) in [6.07, 6.45) is -1.04. The summed E-state index contributed by atoms with van der Waals surface area (Å²) in [5.41, 5.74) is -2.05. The van der Waals surface area contributed by atoms with Gasteiger partial charge in [0.1, 0.15) is 24.2 Å². The smallest absolute Gasteiger partial charge is 0.413 e. The molecule has 1 aliphatic heterocycles. The Kier molecular flexibility index (Phi) is 6.34. The van der Waals surface area contributed by atoms with Crippen molar-refractivity contribution >= 4 is 18.0 Å². The molecule has 1 fully saturated rings. The zero-order valence-electron chi connectivity index (χ0n) is 16.8. The molecule has 1 saturated heterocycles. The number of benzene rings is 1. The van der Waals surface area contributed by atoms with Crippen LogP contribution in [0.25, 0.3) is 0 Å². The monoisotopic (exact) mass is 393 g/mol. The first kappa shape index (κ1) is 21.7. The van der Waals surface area contributed by atoms with E-state index in [9.17, 15) is 19.5 Å². The van der Waals surface area contributed by atoms with Crippen LogP contribution in [0.3, 0.4) is 0 Å². The van der Waals surface area contributed by atoms with Gasteiger partial charge in [0.25, 0.3) is 0 Å². The average Bonchev–Trinajstić information content (AvgIpc) is 2.89. The third-order valence-corrected chi connectivity index (χ3v) is 4.49. The van der Waals surface area contributed by atoms with Gasteiger partial charge in [-0.15, -0.1) is 0 Å². The van der Waals surface area contributed by atoms with Crippen LogP contribution in [0.5, 0.6) is 0 Å². The van der Waals surface area contributed by atoms with E-state index in [1.807, 2.05) is 18.2 Å². The highest BCUT2D eigenvalue weighted by molar-refractivity contribution is 5.86. The maximum absolute atomic E-state index is 12.6. The van der Waals surface area contributed by atoms with Gasteiger partial charge in [-0.1, -0.05) is 30.3 Å². The highest BCUT2D eigenvalue weighted by Crippen LogP contribution is 2.39. The maximum Gasteiger partial charge on any atom is 0.413 e. The number of carbonyl (C=O) groups is 3. The van der Waals surface area contributed by atoms with Crippen molar-refractivity contribution in [3.8, 4) is 0 Å². The first-order valence-corrected chi connectivity index (χ1v) is 9.00. The van der Waals surface area contributed by atoms with Crippen LogP contribution in [-0.4, -0.2) is 52.5 Å². The number of amides is 1. The van der Waals surface area contributed by atoms with Crippen LogP contribution in [0.4, 0.5) is 4.79 Å². The Balaban J connectivity index is 2.22. The molecule has 3 atom stereocenters. The minimum atomic E-state index is -1.98. The van der Waals surface area contributed by atoms with Crippen molar-refractivity contribution in [3.05, 3.63) is 35.9 Å². The van der Waals surface area contributed by atoms with E-state index in [-0.39, 0.29) is 13.0 Å². The Bertz CT molecular complexity index is 724. The van der Waals surface area contributed by atoms with Gasteiger partial charge in [0.05, 0.1) is 7.11 Å². The van der Waals surface area contributed by atoms with Crippen molar-refractivity contribution in [1.29, 1.82) is 0 Å². The van der Waals surface area contributed by atoms with E-state index < -0.39 is 41.3 Å². The summed E-state index contributed by atoms with van der Waals surface area (Å²) in [5.74, 6) is -2.59. The van der Waals surface area contributed by atoms with Crippen molar-refractivity contribution in [2.75, 3.05) is 7.11 Å². The normalized spacial score (nSPS) is 24.6. The molecule has 1 aromatic carbocycles. The standard InChI is InChI=1S/C20H27NO7/c1-19(2,3)28-18(24)21-15(17(23)26-5)11-14(20(21,4)25)16(22)27-12-13-9-7-6-8-10-13/h6-10,14-15,25H,11-12H2,1-5H3/t14?,15-,20?/m0/s1. The summed E-state index contributed by atoms with van der Waals surface area (Å²) in [4.78, 5) is 38.3. The Morgan fingerprint density at radius 3 is 2.32 bits per heavy atom. The Hall–Kier alpha value is -2.61. The molecule has 8 heteroatoms. The van der Waals surface area contributed by atoms with Crippen molar-refractivity contribution in [1.82, 2.24) is 4.90 Å². The SMILES string of the molecule is COC(=O)[C@@H]1CC(C(=O)OCc2ccccc2)C(C)(O)N1C(=O)OC(C)(C)C. The first-order chi connectivity index (χ1) is 13.0. The molecule has 1 aromatic rings. The number of ether oxygens (including phenoxy) is 3. The largest absolute Gasteiger partial charge is 0.467 e. The molecule has 0 spiro atoms. The van der Waals surface area contributed by atoms with Gasteiger partial charge in [-0.3, -0.25) is 9.69 Å². The summed E-state index contributed by atoms with van der Waals surface area (Å²) >= 11 is 0. The fraction of sp³-hybridized carbons (Fsp3) is 0.550. The minimum Gasteiger partial charge on any atom is -0.467 e. The molecule has 2 unspecified atom stereocenters. The number of carbonyl (C=O) groups excluding carboxylic acids is 3. The zero-order chi connectivity index (χ0) is 21.1. The molecule has 0 saturated carbocycles. The molecule has 1 N–H and O–H groups in total. The zero-order valence-corrected chi connectivity index (χ0v) is 16.8. The molecule has 0 bridgehead atoms. The number of aliphatic hydroxyl groups is 1. The van der Waals surface area contributed by atoms with E-state index in [0.717, 1.165) is 10.5 Å². The number of esters is 2. The number of methoxy groups -OCH3 is 1. The highest BCUT2D eigenvalue weighted by Gasteiger charge is 2.59. The molecule has 8 nitrogen and oxygen atoms in total. The van der Waals surface area contributed by atoms with Crippen LogP contribution < -0.4 is 0 Å². The topological polar surface area (TPSA) is 102 Å². The van der Waals surface area contributed by atoms with Crippen LogP contribution >= 0.6 is 0 Å². The molecule has 2 rings (SSSR count). The molecular formula is C20H27NO7. The number of hydrogen-bond acceptors (Lipinski definition) is 7. The van der Waals surface area contributed by atoms with E-state index in [1.165, 1.54) is 14.0 Å². The van der Waals surface area contributed by atoms with Gasteiger partial charge >= 0.3 is 18.0 Å². The lowest BCUT2D eigenvalue weighted by molar-refractivity contribution is -0.168. The summed E-state index contributed by atoms with van der Waals surface area (Å²) in [6.45, 7) is 6.28. The summed E-state index contributed by atoms with van der Waals surface area (Å²) in [5, 5.41) is 11.0. The second-order valence-corrected chi connectivity index (χ2v) is 7.86. The summed E-state index contributed by atoms with van der Waals surface area (Å²) < 4.78 is 15.4. The van der Waals surface area contributed by atoms with Crippen molar-refractivity contribution in [2.45, 2.75) is 58.1 Å². The van der Waals surface area contributed by atoms with Crippen LogP contribution in [-0.2, 0) is 30.4 Å². The van der Waals surface area contributed by atoms with E-state index in [1.54, 1.807) is 32.9 Å². The number of rotatable bonds is 4. The lowest BCUT2D eigenvalue weighted by atomic mass is 9.97. The second-order valence-electron chi connectivity index (χ2n) is 7.86. The van der Waals surface area contributed by atoms with Crippen molar-refractivity contribution < 1.29 is 33.7 Å². The molecule has 1 aliphatic rings. The third-order valence-electron chi connectivity index (χ3n) is 4.49.